The van der Waals surface area contributed by atoms with E-state index in [2.05, 4.69) is 20.2 Å². The summed E-state index contributed by atoms with van der Waals surface area (Å²) in [5, 5.41) is 2.85. The van der Waals surface area contributed by atoms with E-state index in [-0.39, 0.29) is 5.91 Å². The normalized spacial score (nSPS) is 14.0. The summed E-state index contributed by atoms with van der Waals surface area (Å²) in [4.78, 5) is 23.7. The number of carbonyl (C=O) groups excluding carboxylic acids is 1. The Morgan fingerprint density at radius 2 is 1.78 bits per heavy atom. The van der Waals surface area contributed by atoms with Crippen molar-refractivity contribution in [3.63, 3.8) is 0 Å². The molecule has 1 aliphatic rings. The molecule has 0 spiro atoms. The van der Waals surface area contributed by atoms with Gasteiger partial charge in [0, 0.05) is 30.5 Å². The van der Waals surface area contributed by atoms with E-state index in [1.165, 1.54) is 0 Å². The van der Waals surface area contributed by atoms with Gasteiger partial charge in [0.2, 0.25) is 0 Å². The highest BCUT2D eigenvalue weighted by Gasteiger charge is 2.13. The van der Waals surface area contributed by atoms with Crippen LogP contribution in [0.4, 0.5) is 11.5 Å². The molecule has 0 radical (unpaired) electrons. The van der Waals surface area contributed by atoms with Crippen LogP contribution < -0.4 is 10.2 Å². The molecule has 3 heterocycles. The van der Waals surface area contributed by atoms with Gasteiger partial charge in [0.1, 0.15) is 11.5 Å². The lowest BCUT2D eigenvalue weighted by Gasteiger charge is -2.27. The number of hydrogen-bond donors (Lipinski definition) is 1. The Morgan fingerprint density at radius 1 is 0.963 bits per heavy atom. The standard InChI is InChI=1S/C21H20N4O2/c26-21(23-17-5-2-1-3-6-17)19-8-4-7-18(24-19)16-9-10-20(22-15-16)25-11-13-27-14-12-25/h1-10,15H,11-14H2,(H,23,26). The summed E-state index contributed by atoms with van der Waals surface area (Å²) in [5.41, 5.74) is 2.71. The van der Waals surface area contributed by atoms with Crippen LogP contribution in [0.5, 0.6) is 0 Å². The molecule has 6 heteroatoms. The summed E-state index contributed by atoms with van der Waals surface area (Å²) in [5.74, 6) is 0.695. The van der Waals surface area contributed by atoms with Crippen LogP contribution in [-0.4, -0.2) is 42.2 Å². The number of amides is 1. The molecule has 4 rings (SSSR count). The van der Waals surface area contributed by atoms with Gasteiger partial charge in [-0.15, -0.1) is 0 Å². The summed E-state index contributed by atoms with van der Waals surface area (Å²) in [6, 6.07) is 18.7. The Kier molecular flexibility index (Phi) is 5.07. The molecule has 136 valence electrons. The fourth-order valence-electron chi connectivity index (χ4n) is 2.96. The van der Waals surface area contributed by atoms with E-state index in [0.29, 0.717) is 5.69 Å². The highest BCUT2D eigenvalue weighted by molar-refractivity contribution is 6.03. The van der Waals surface area contributed by atoms with E-state index in [4.69, 9.17) is 4.74 Å². The number of carbonyl (C=O) groups is 1. The molecule has 0 aliphatic carbocycles. The Morgan fingerprint density at radius 3 is 2.52 bits per heavy atom. The van der Waals surface area contributed by atoms with Crippen LogP contribution in [0.2, 0.25) is 0 Å². The fourth-order valence-corrected chi connectivity index (χ4v) is 2.96. The number of benzene rings is 1. The Hall–Kier alpha value is -3.25. The van der Waals surface area contributed by atoms with E-state index in [0.717, 1.165) is 49.1 Å². The van der Waals surface area contributed by atoms with Crippen molar-refractivity contribution in [2.24, 2.45) is 0 Å². The van der Waals surface area contributed by atoms with E-state index in [1.807, 2.05) is 54.6 Å². The van der Waals surface area contributed by atoms with Gasteiger partial charge < -0.3 is 15.0 Å². The molecule has 2 aromatic heterocycles. The van der Waals surface area contributed by atoms with Crippen LogP contribution >= 0.6 is 0 Å². The van der Waals surface area contributed by atoms with Crippen molar-refractivity contribution < 1.29 is 9.53 Å². The number of nitrogens with one attached hydrogen (secondary N) is 1. The van der Waals surface area contributed by atoms with Gasteiger partial charge >= 0.3 is 0 Å². The highest BCUT2D eigenvalue weighted by atomic mass is 16.5. The number of rotatable bonds is 4. The second-order valence-electron chi connectivity index (χ2n) is 6.23. The van der Waals surface area contributed by atoms with Gasteiger partial charge in [-0.1, -0.05) is 24.3 Å². The average molecular weight is 360 g/mol. The third-order valence-electron chi connectivity index (χ3n) is 4.39. The maximum Gasteiger partial charge on any atom is 0.274 e. The van der Waals surface area contributed by atoms with Crippen LogP contribution in [0.25, 0.3) is 11.3 Å². The molecule has 3 aromatic rings. The van der Waals surface area contributed by atoms with Gasteiger partial charge in [0.05, 0.1) is 18.9 Å². The summed E-state index contributed by atoms with van der Waals surface area (Å²) in [6.07, 6.45) is 1.80. The lowest BCUT2D eigenvalue weighted by molar-refractivity contribution is 0.102. The zero-order valence-corrected chi connectivity index (χ0v) is 14.8. The number of anilines is 2. The van der Waals surface area contributed by atoms with Crippen molar-refractivity contribution >= 4 is 17.4 Å². The number of aromatic nitrogens is 2. The van der Waals surface area contributed by atoms with Crippen LogP contribution in [0, 0.1) is 0 Å². The van der Waals surface area contributed by atoms with Crippen molar-refractivity contribution in [1.29, 1.82) is 0 Å². The number of nitrogens with zero attached hydrogens (tertiary/aromatic N) is 3. The minimum Gasteiger partial charge on any atom is -0.378 e. The lowest BCUT2D eigenvalue weighted by Crippen LogP contribution is -2.36. The average Bonchev–Trinajstić information content (AvgIpc) is 2.75. The van der Waals surface area contributed by atoms with Gasteiger partial charge in [-0.25, -0.2) is 9.97 Å². The van der Waals surface area contributed by atoms with Gasteiger partial charge in [-0.3, -0.25) is 4.79 Å². The van der Waals surface area contributed by atoms with Gasteiger partial charge in [0.25, 0.3) is 5.91 Å². The van der Waals surface area contributed by atoms with E-state index in [9.17, 15) is 4.79 Å². The quantitative estimate of drug-likeness (QED) is 0.774. The van der Waals surface area contributed by atoms with Gasteiger partial charge in [-0.2, -0.15) is 0 Å². The minimum absolute atomic E-state index is 0.235. The first-order valence-corrected chi connectivity index (χ1v) is 8.92. The van der Waals surface area contributed by atoms with Crippen molar-refractivity contribution in [2.45, 2.75) is 0 Å². The predicted molar refractivity (Wildman–Crippen MR) is 105 cm³/mol. The highest BCUT2D eigenvalue weighted by Crippen LogP contribution is 2.20. The summed E-state index contributed by atoms with van der Waals surface area (Å²) >= 11 is 0. The number of pyridine rings is 2. The third-order valence-corrected chi connectivity index (χ3v) is 4.39. The van der Waals surface area contributed by atoms with Crippen LogP contribution in [0.1, 0.15) is 10.5 Å². The molecule has 0 unspecified atom stereocenters. The second-order valence-corrected chi connectivity index (χ2v) is 6.23. The lowest BCUT2D eigenvalue weighted by atomic mass is 10.1. The number of morpholine rings is 1. The molecule has 1 fully saturated rings. The zero-order valence-electron chi connectivity index (χ0n) is 14.8. The molecule has 1 amide bonds. The van der Waals surface area contributed by atoms with Crippen molar-refractivity contribution in [3.8, 4) is 11.3 Å². The van der Waals surface area contributed by atoms with E-state index < -0.39 is 0 Å². The van der Waals surface area contributed by atoms with E-state index >= 15 is 0 Å². The molecule has 1 aromatic carbocycles. The molecule has 1 N–H and O–H groups in total. The molecule has 0 saturated carbocycles. The summed E-state index contributed by atoms with van der Waals surface area (Å²) < 4.78 is 5.38. The molecule has 1 aliphatic heterocycles. The predicted octanol–water partition coefficient (Wildman–Crippen LogP) is 3.23. The zero-order chi connectivity index (χ0) is 18.5. The van der Waals surface area contributed by atoms with Crippen LogP contribution in [0.3, 0.4) is 0 Å². The maximum absolute atomic E-state index is 12.5. The Labute approximate surface area is 157 Å². The van der Waals surface area contributed by atoms with Crippen molar-refractivity contribution in [3.05, 3.63) is 72.6 Å². The molecule has 0 bridgehead atoms. The molecular weight excluding hydrogens is 340 g/mol. The molecule has 27 heavy (non-hydrogen) atoms. The second kappa shape index (κ2) is 7.97. The Balaban J connectivity index is 1.51. The molecule has 0 atom stereocenters. The first kappa shape index (κ1) is 17.2. The molecule has 1 saturated heterocycles. The fraction of sp³-hybridized carbons (Fsp3) is 0.190. The third kappa shape index (κ3) is 4.12. The topological polar surface area (TPSA) is 67.4 Å². The minimum atomic E-state index is -0.235. The van der Waals surface area contributed by atoms with Crippen molar-refractivity contribution in [2.75, 3.05) is 36.5 Å². The van der Waals surface area contributed by atoms with Gasteiger partial charge in [0.15, 0.2) is 0 Å². The molecule has 6 nitrogen and oxygen atoms in total. The SMILES string of the molecule is O=C(Nc1ccccc1)c1cccc(-c2ccc(N3CCOCC3)nc2)n1. The Bertz CT molecular complexity index is 907. The maximum atomic E-state index is 12.5. The number of ether oxygens (including phenoxy) is 1. The summed E-state index contributed by atoms with van der Waals surface area (Å²) in [6.45, 7) is 3.15. The first-order chi connectivity index (χ1) is 13.3. The number of para-hydroxylation sites is 1. The van der Waals surface area contributed by atoms with Crippen LogP contribution in [0.15, 0.2) is 66.9 Å². The van der Waals surface area contributed by atoms with Crippen LogP contribution in [-0.2, 0) is 4.74 Å². The van der Waals surface area contributed by atoms with Gasteiger partial charge in [-0.05, 0) is 36.4 Å². The smallest absolute Gasteiger partial charge is 0.274 e. The van der Waals surface area contributed by atoms with E-state index in [1.54, 1.807) is 12.3 Å². The molecular formula is C21H20N4O2. The largest absolute Gasteiger partial charge is 0.378 e. The monoisotopic (exact) mass is 360 g/mol. The number of hydrogen-bond acceptors (Lipinski definition) is 5. The van der Waals surface area contributed by atoms with Crippen molar-refractivity contribution in [1.82, 2.24) is 9.97 Å². The first-order valence-electron chi connectivity index (χ1n) is 8.92. The summed E-state index contributed by atoms with van der Waals surface area (Å²) in [7, 11) is 0.